The van der Waals surface area contributed by atoms with Crippen molar-refractivity contribution in [1.82, 2.24) is 15.1 Å². The lowest BCUT2D eigenvalue weighted by Crippen LogP contribution is -2.28. The van der Waals surface area contributed by atoms with Crippen LogP contribution in [0.1, 0.15) is 5.56 Å². The minimum Gasteiger partial charge on any atom is -0.486 e. The monoisotopic (exact) mass is 331 g/mol. The maximum absolute atomic E-state index is 11.9. The molecule has 4 N–H and O–H groups in total. The van der Waals surface area contributed by atoms with Crippen LogP contribution in [0.2, 0.25) is 0 Å². The topological polar surface area (TPSA) is 121 Å². The molecule has 9 heteroatoms. The van der Waals surface area contributed by atoms with Gasteiger partial charge >= 0.3 is 6.03 Å². The van der Waals surface area contributed by atoms with E-state index in [0.29, 0.717) is 36.9 Å². The van der Waals surface area contributed by atoms with Gasteiger partial charge in [-0.2, -0.15) is 5.10 Å². The predicted molar refractivity (Wildman–Crippen MR) is 84.7 cm³/mol. The summed E-state index contributed by atoms with van der Waals surface area (Å²) >= 11 is 0. The van der Waals surface area contributed by atoms with Crippen molar-refractivity contribution in [3.05, 3.63) is 36.2 Å². The van der Waals surface area contributed by atoms with Crippen LogP contribution in [0.25, 0.3) is 0 Å². The molecule has 2 aromatic rings. The second kappa shape index (κ2) is 6.90. The number of aromatic nitrogens is 2. The Morgan fingerprint density at radius 3 is 2.83 bits per heavy atom. The van der Waals surface area contributed by atoms with Gasteiger partial charge in [0.1, 0.15) is 19.8 Å². The van der Waals surface area contributed by atoms with Crippen LogP contribution < -0.4 is 25.8 Å². The number of amides is 3. The minimum absolute atomic E-state index is 0.0412. The molecule has 9 nitrogen and oxygen atoms in total. The molecule has 126 valence electrons. The standard InChI is InChI=1S/C15H17N5O4/c16-14(21)9-20-8-11(7-18-20)19-15(22)17-6-10-1-2-12-13(5-10)24-4-3-23-12/h1-2,5,7-8H,3-4,6,9H2,(H2,16,21)(H2,17,19,22). The van der Waals surface area contributed by atoms with Crippen LogP contribution in [0.5, 0.6) is 11.5 Å². The molecule has 1 aromatic heterocycles. The fourth-order valence-electron chi connectivity index (χ4n) is 2.23. The Morgan fingerprint density at radius 2 is 2.04 bits per heavy atom. The van der Waals surface area contributed by atoms with Crippen molar-refractivity contribution in [3.8, 4) is 11.5 Å². The van der Waals surface area contributed by atoms with Crippen LogP contribution in [0.3, 0.4) is 0 Å². The highest BCUT2D eigenvalue weighted by Gasteiger charge is 2.12. The number of nitrogens with zero attached hydrogens (tertiary/aromatic N) is 2. The summed E-state index contributed by atoms with van der Waals surface area (Å²) in [5, 5.41) is 9.27. The molecule has 0 saturated carbocycles. The lowest BCUT2D eigenvalue weighted by Gasteiger charge is -2.19. The molecule has 0 bridgehead atoms. The smallest absolute Gasteiger partial charge is 0.319 e. The fraction of sp³-hybridized carbons (Fsp3) is 0.267. The van der Waals surface area contributed by atoms with Gasteiger partial charge in [0.2, 0.25) is 5.91 Å². The van der Waals surface area contributed by atoms with Gasteiger partial charge in [0.05, 0.1) is 11.9 Å². The lowest BCUT2D eigenvalue weighted by molar-refractivity contribution is -0.118. The summed E-state index contributed by atoms with van der Waals surface area (Å²) in [5.74, 6) is 0.873. The summed E-state index contributed by atoms with van der Waals surface area (Å²) in [6.07, 6.45) is 2.96. The molecule has 1 aliphatic rings. The first-order valence-electron chi connectivity index (χ1n) is 7.34. The lowest BCUT2D eigenvalue weighted by atomic mass is 10.2. The van der Waals surface area contributed by atoms with Crippen molar-refractivity contribution < 1.29 is 19.1 Å². The average molecular weight is 331 g/mol. The van der Waals surface area contributed by atoms with E-state index >= 15 is 0 Å². The van der Waals surface area contributed by atoms with Crippen LogP contribution in [0.15, 0.2) is 30.6 Å². The number of primary amides is 1. The molecule has 3 rings (SSSR count). The highest BCUT2D eigenvalue weighted by atomic mass is 16.6. The molecule has 1 aliphatic heterocycles. The highest BCUT2D eigenvalue weighted by Crippen LogP contribution is 2.30. The van der Waals surface area contributed by atoms with E-state index in [-0.39, 0.29) is 12.6 Å². The van der Waals surface area contributed by atoms with Crippen molar-refractivity contribution in [2.45, 2.75) is 13.1 Å². The third-order valence-electron chi connectivity index (χ3n) is 3.27. The summed E-state index contributed by atoms with van der Waals surface area (Å²) in [6, 6.07) is 5.12. The first-order chi connectivity index (χ1) is 11.6. The second-order valence-electron chi connectivity index (χ2n) is 5.18. The number of carbonyl (C=O) groups excluding carboxylic acids is 2. The zero-order valence-electron chi connectivity index (χ0n) is 12.8. The Labute approximate surface area is 137 Å². The van der Waals surface area contributed by atoms with E-state index in [1.165, 1.54) is 17.1 Å². The van der Waals surface area contributed by atoms with Gasteiger partial charge in [-0.05, 0) is 17.7 Å². The number of anilines is 1. The zero-order valence-corrected chi connectivity index (χ0v) is 12.8. The van der Waals surface area contributed by atoms with E-state index < -0.39 is 5.91 Å². The van der Waals surface area contributed by atoms with Gasteiger partial charge in [0, 0.05) is 12.7 Å². The van der Waals surface area contributed by atoms with Crippen LogP contribution in [-0.2, 0) is 17.9 Å². The molecule has 0 fully saturated rings. The van der Waals surface area contributed by atoms with Gasteiger partial charge in [0.15, 0.2) is 11.5 Å². The molecule has 2 heterocycles. The molecule has 0 atom stereocenters. The largest absolute Gasteiger partial charge is 0.486 e. The molecule has 0 aliphatic carbocycles. The zero-order chi connectivity index (χ0) is 16.9. The highest BCUT2D eigenvalue weighted by molar-refractivity contribution is 5.88. The van der Waals surface area contributed by atoms with Crippen molar-refractivity contribution in [3.63, 3.8) is 0 Å². The first kappa shape index (κ1) is 15.7. The third kappa shape index (κ3) is 3.94. The molecule has 0 unspecified atom stereocenters. The number of urea groups is 1. The van der Waals surface area contributed by atoms with Crippen molar-refractivity contribution in [2.24, 2.45) is 5.73 Å². The number of fused-ring (bicyclic) bond motifs is 1. The van der Waals surface area contributed by atoms with E-state index in [1.807, 2.05) is 18.2 Å². The average Bonchev–Trinajstić information content (AvgIpc) is 2.99. The van der Waals surface area contributed by atoms with Gasteiger partial charge in [-0.25, -0.2) is 4.79 Å². The fourth-order valence-corrected chi connectivity index (χ4v) is 2.23. The van der Waals surface area contributed by atoms with Crippen molar-refractivity contribution in [1.29, 1.82) is 0 Å². The van der Waals surface area contributed by atoms with E-state index in [2.05, 4.69) is 15.7 Å². The predicted octanol–water partition coefficient (Wildman–Crippen LogP) is 0.461. The van der Waals surface area contributed by atoms with Gasteiger partial charge in [0.25, 0.3) is 0 Å². The van der Waals surface area contributed by atoms with E-state index in [0.717, 1.165) is 5.56 Å². The number of carbonyl (C=O) groups is 2. The molecule has 3 amide bonds. The van der Waals surface area contributed by atoms with Gasteiger partial charge < -0.3 is 25.8 Å². The molecule has 1 aromatic carbocycles. The number of nitrogens with two attached hydrogens (primary N) is 1. The van der Waals surface area contributed by atoms with Crippen LogP contribution >= 0.6 is 0 Å². The Hall–Kier alpha value is -3.23. The second-order valence-corrected chi connectivity index (χ2v) is 5.18. The molecule has 0 saturated heterocycles. The SMILES string of the molecule is NC(=O)Cn1cc(NC(=O)NCc2ccc3c(c2)OCCO3)cn1. The van der Waals surface area contributed by atoms with Crippen LogP contribution in [0, 0.1) is 0 Å². The summed E-state index contributed by atoms with van der Waals surface area (Å²) in [5.41, 5.74) is 6.43. The van der Waals surface area contributed by atoms with E-state index in [4.69, 9.17) is 15.2 Å². The Balaban J connectivity index is 1.52. The Kier molecular flexibility index (Phi) is 4.50. The molecule has 0 radical (unpaired) electrons. The van der Waals surface area contributed by atoms with Crippen LogP contribution in [-0.4, -0.2) is 34.9 Å². The van der Waals surface area contributed by atoms with Crippen molar-refractivity contribution >= 4 is 17.6 Å². The maximum Gasteiger partial charge on any atom is 0.319 e. The van der Waals surface area contributed by atoms with Crippen LogP contribution in [0.4, 0.5) is 10.5 Å². The quantitative estimate of drug-likeness (QED) is 0.735. The third-order valence-corrected chi connectivity index (χ3v) is 3.27. The minimum atomic E-state index is -0.507. The van der Waals surface area contributed by atoms with Gasteiger partial charge in [-0.1, -0.05) is 6.07 Å². The number of benzene rings is 1. The number of ether oxygens (including phenoxy) is 2. The molecule has 0 spiro atoms. The normalized spacial score (nSPS) is 12.5. The molecular weight excluding hydrogens is 314 g/mol. The summed E-state index contributed by atoms with van der Waals surface area (Å²) < 4.78 is 12.3. The summed E-state index contributed by atoms with van der Waals surface area (Å²) in [4.78, 5) is 22.7. The first-order valence-corrected chi connectivity index (χ1v) is 7.34. The van der Waals surface area contributed by atoms with E-state index in [9.17, 15) is 9.59 Å². The van der Waals surface area contributed by atoms with E-state index in [1.54, 1.807) is 0 Å². The molecular formula is C15H17N5O4. The number of rotatable bonds is 5. The van der Waals surface area contributed by atoms with Crippen molar-refractivity contribution in [2.75, 3.05) is 18.5 Å². The number of hydrogen-bond acceptors (Lipinski definition) is 5. The van der Waals surface area contributed by atoms with Gasteiger partial charge in [-0.15, -0.1) is 0 Å². The Morgan fingerprint density at radius 1 is 1.25 bits per heavy atom. The Bertz CT molecular complexity index is 758. The molecule has 24 heavy (non-hydrogen) atoms. The number of hydrogen-bond donors (Lipinski definition) is 3. The van der Waals surface area contributed by atoms with Gasteiger partial charge in [-0.3, -0.25) is 9.48 Å². The number of nitrogens with one attached hydrogen (secondary N) is 2. The maximum atomic E-state index is 11.9. The summed E-state index contributed by atoms with van der Waals surface area (Å²) in [7, 11) is 0. The summed E-state index contributed by atoms with van der Waals surface area (Å²) in [6.45, 7) is 1.34.